The van der Waals surface area contributed by atoms with E-state index >= 15 is 0 Å². The molecule has 1 fully saturated rings. The molecule has 4 nitrogen and oxygen atoms in total. The molecule has 0 saturated heterocycles. The number of carbonyl (C=O) groups excluding carboxylic acids is 1. The van der Waals surface area contributed by atoms with Crippen molar-refractivity contribution in [3.63, 3.8) is 0 Å². The van der Waals surface area contributed by atoms with Gasteiger partial charge in [-0.25, -0.2) is 0 Å². The Bertz CT molecular complexity index is 656. The van der Waals surface area contributed by atoms with E-state index in [1.165, 1.54) is 11.9 Å². The van der Waals surface area contributed by atoms with Gasteiger partial charge >= 0.3 is 12.1 Å². The van der Waals surface area contributed by atoms with Crippen molar-refractivity contribution in [1.82, 2.24) is 4.90 Å². The third kappa shape index (κ3) is 3.83. The lowest BCUT2D eigenvalue weighted by Crippen LogP contribution is -2.37. The first-order valence-electron chi connectivity index (χ1n) is 7.42. The molecule has 132 valence electrons. The van der Waals surface area contributed by atoms with E-state index in [2.05, 4.69) is 0 Å². The van der Waals surface area contributed by atoms with E-state index in [0.717, 1.165) is 18.2 Å². The summed E-state index contributed by atoms with van der Waals surface area (Å²) in [5.74, 6) is -1.29. The predicted octanol–water partition coefficient (Wildman–Crippen LogP) is 3.71. The number of halogens is 4. The lowest BCUT2D eigenvalue weighted by Gasteiger charge is -2.25. The number of carboxylic acid groups (broad SMARTS) is 1. The van der Waals surface area contributed by atoms with Crippen molar-refractivity contribution in [2.75, 3.05) is 13.6 Å². The predicted molar refractivity (Wildman–Crippen MR) is 81.9 cm³/mol. The Kier molecular flexibility index (Phi) is 5.13. The molecule has 0 aromatic heterocycles. The number of hydrogen-bond donors (Lipinski definition) is 1. The van der Waals surface area contributed by atoms with Crippen molar-refractivity contribution in [2.24, 2.45) is 0 Å². The van der Waals surface area contributed by atoms with Crippen molar-refractivity contribution >= 4 is 23.5 Å². The minimum Gasteiger partial charge on any atom is -0.481 e. The molecule has 2 rings (SSSR count). The Morgan fingerprint density at radius 2 is 1.96 bits per heavy atom. The van der Waals surface area contributed by atoms with Gasteiger partial charge in [-0.05, 0) is 43.0 Å². The first-order chi connectivity index (χ1) is 11.1. The number of alkyl halides is 3. The second-order valence-electron chi connectivity index (χ2n) is 6.00. The number of carboxylic acids is 1. The Hall–Kier alpha value is -1.76. The number of hydrogen-bond acceptors (Lipinski definition) is 2. The molecule has 0 aliphatic heterocycles. The molecule has 1 aliphatic rings. The summed E-state index contributed by atoms with van der Waals surface area (Å²) in [5.41, 5.74) is -1.68. The summed E-state index contributed by atoms with van der Waals surface area (Å²) in [6.45, 7) is 0.226. The summed E-state index contributed by atoms with van der Waals surface area (Å²) in [7, 11) is 1.52. The zero-order chi connectivity index (χ0) is 18.1. The molecule has 24 heavy (non-hydrogen) atoms. The molecule has 8 heteroatoms. The van der Waals surface area contributed by atoms with E-state index in [0.29, 0.717) is 12.8 Å². The van der Waals surface area contributed by atoms with Crippen LogP contribution in [0, 0.1) is 0 Å². The highest BCUT2D eigenvalue weighted by Crippen LogP contribution is 2.52. The van der Waals surface area contributed by atoms with Gasteiger partial charge in [0, 0.05) is 25.0 Å². The lowest BCUT2D eigenvalue weighted by atomic mass is 9.92. The smallest absolute Gasteiger partial charge is 0.416 e. The number of carbonyl (C=O) groups is 2. The van der Waals surface area contributed by atoms with Crippen LogP contribution in [0.1, 0.15) is 36.8 Å². The van der Waals surface area contributed by atoms with Crippen molar-refractivity contribution in [1.29, 1.82) is 0 Å². The van der Waals surface area contributed by atoms with Crippen LogP contribution in [0.2, 0.25) is 5.02 Å². The van der Waals surface area contributed by atoms with Gasteiger partial charge in [-0.15, -0.1) is 0 Å². The van der Waals surface area contributed by atoms with Crippen LogP contribution < -0.4 is 0 Å². The molecule has 0 bridgehead atoms. The first kappa shape index (κ1) is 18.6. The molecule has 1 amide bonds. The topological polar surface area (TPSA) is 57.6 Å². The monoisotopic (exact) mass is 363 g/mol. The maximum atomic E-state index is 12.9. The molecule has 0 radical (unpaired) electrons. The SMILES string of the molecule is CN(CCCC(=O)O)C(=O)C1(c2cc(C(F)(F)F)ccc2Cl)CC1. The van der Waals surface area contributed by atoms with Gasteiger partial charge in [0.25, 0.3) is 0 Å². The van der Waals surface area contributed by atoms with E-state index in [1.54, 1.807) is 0 Å². The maximum absolute atomic E-state index is 12.9. The van der Waals surface area contributed by atoms with E-state index in [1.807, 2.05) is 0 Å². The van der Waals surface area contributed by atoms with Crippen molar-refractivity contribution in [2.45, 2.75) is 37.3 Å². The molecule has 1 aromatic rings. The fraction of sp³-hybridized carbons (Fsp3) is 0.500. The van der Waals surface area contributed by atoms with E-state index in [4.69, 9.17) is 16.7 Å². The van der Waals surface area contributed by atoms with Crippen molar-refractivity contribution < 1.29 is 27.9 Å². The van der Waals surface area contributed by atoms with Gasteiger partial charge in [-0.3, -0.25) is 9.59 Å². The number of nitrogens with zero attached hydrogens (tertiary/aromatic N) is 1. The average Bonchev–Trinajstić information content (AvgIpc) is 3.26. The summed E-state index contributed by atoms with van der Waals surface area (Å²) in [6, 6.07) is 3.00. The maximum Gasteiger partial charge on any atom is 0.416 e. The van der Waals surface area contributed by atoms with Crippen molar-refractivity contribution in [3.8, 4) is 0 Å². The highest BCUT2D eigenvalue weighted by Gasteiger charge is 2.54. The summed E-state index contributed by atoms with van der Waals surface area (Å²) < 4.78 is 38.7. The van der Waals surface area contributed by atoms with Crippen LogP contribution in [0.25, 0.3) is 0 Å². The van der Waals surface area contributed by atoms with Gasteiger partial charge in [0.15, 0.2) is 0 Å². The third-order valence-corrected chi connectivity index (χ3v) is 4.53. The van der Waals surface area contributed by atoms with Gasteiger partial charge in [0.2, 0.25) is 5.91 Å². The molecule has 0 heterocycles. The number of likely N-dealkylation sites (N-methyl/N-ethyl adjacent to an activating group) is 1. The zero-order valence-electron chi connectivity index (χ0n) is 13.0. The van der Waals surface area contributed by atoms with Gasteiger partial charge in [0.1, 0.15) is 0 Å². The molecular formula is C16H17ClF3NO3. The quantitative estimate of drug-likeness (QED) is 0.838. The Balaban J connectivity index is 2.21. The van der Waals surface area contributed by atoms with Crippen LogP contribution >= 0.6 is 11.6 Å². The van der Waals surface area contributed by atoms with Gasteiger partial charge < -0.3 is 10.0 Å². The molecule has 1 aromatic carbocycles. The highest BCUT2D eigenvalue weighted by atomic mass is 35.5. The number of benzene rings is 1. The van der Waals surface area contributed by atoms with E-state index in [-0.39, 0.29) is 35.9 Å². The molecule has 0 atom stereocenters. The summed E-state index contributed by atoms with van der Waals surface area (Å²) in [6.07, 6.45) is -3.45. The number of rotatable bonds is 6. The van der Waals surface area contributed by atoms with Crippen LogP contribution in [0.3, 0.4) is 0 Å². The van der Waals surface area contributed by atoms with E-state index in [9.17, 15) is 22.8 Å². The fourth-order valence-corrected chi connectivity index (χ4v) is 3.02. The van der Waals surface area contributed by atoms with Gasteiger partial charge in [-0.1, -0.05) is 11.6 Å². The summed E-state index contributed by atoms with van der Waals surface area (Å²) in [5, 5.41) is 8.76. The molecular weight excluding hydrogens is 347 g/mol. The molecule has 1 aliphatic carbocycles. The lowest BCUT2D eigenvalue weighted by molar-refractivity contribution is -0.138. The van der Waals surface area contributed by atoms with Crippen LogP contribution in [-0.4, -0.2) is 35.5 Å². The molecule has 0 spiro atoms. The first-order valence-corrected chi connectivity index (χ1v) is 7.80. The minimum atomic E-state index is -4.51. The van der Waals surface area contributed by atoms with Crippen LogP contribution in [0.4, 0.5) is 13.2 Å². The molecule has 1 saturated carbocycles. The Labute approximate surface area is 142 Å². The summed E-state index contributed by atoms with van der Waals surface area (Å²) in [4.78, 5) is 24.6. The average molecular weight is 364 g/mol. The van der Waals surface area contributed by atoms with Crippen molar-refractivity contribution in [3.05, 3.63) is 34.3 Å². The Morgan fingerprint density at radius 3 is 2.46 bits per heavy atom. The van der Waals surface area contributed by atoms with E-state index < -0.39 is 23.1 Å². The second-order valence-corrected chi connectivity index (χ2v) is 6.41. The third-order valence-electron chi connectivity index (χ3n) is 4.20. The van der Waals surface area contributed by atoms with Crippen LogP contribution in [0.15, 0.2) is 18.2 Å². The number of aliphatic carboxylic acids is 1. The standard InChI is InChI=1S/C16H17ClF3NO3/c1-21(8-2-3-13(22)23)14(24)15(6-7-15)11-9-10(16(18,19)20)4-5-12(11)17/h4-5,9H,2-3,6-8H2,1H3,(H,22,23). The normalized spacial score (nSPS) is 15.9. The Morgan fingerprint density at radius 1 is 1.33 bits per heavy atom. The zero-order valence-corrected chi connectivity index (χ0v) is 13.7. The molecule has 0 unspecified atom stereocenters. The largest absolute Gasteiger partial charge is 0.481 e. The minimum absolute atomic E-state index is 0.0745. The van der Waals surface area contributed by atoms with Gasteiger partial charge in [0.05, 0.1) is 11.0 Å². The fourth-order valence-electron chi connectivity index (χ4n) is 2.73. The van der Waals surface area contributed by atoms with Crippen LogP contribution in [0.5, 0.6) is 0 Å². The number of amides is 1. The molecule has 1 N–H and O–H groups in total. The van der Waals surface area contributed by atoms with Gasteiger partial charge in [-0.2, -0.15) is 13.2 Å². The van der Waals surface area contributed by atoms with Crippen LogP contribution in [-0.2, 0) is 21.2 Å². The summed E-state index contributed by atoms with van der Waals surface area (Å²) >= 11 is 6.05. The second kappa shape index (κ2) is 6.63. The highest BCUT2D eigenvalue weighted by molar-refractivity contribution is 6.32.